The fourth-order valence-corrected chi connectivity index (χ4v) is 4.65. The highest BCUT2D eigenvalue weighted by Crippen LogP contribution is 2.37. The third-order valence-electron chi connectivity index (χ3n) is 5.96. The van der Waals surface area contributed by atoms with Crippen molar-refractivity contribution in [1.29, 1.82) is 0 Å². The number of nitrogens with zero attached hydrogens (tertiary/aromatic N) is 3. The fraction of sp³-hybridized carbons (Fsp3) is 0.320. The quantitative estimate of drug-likeness (QED) is 0.540. The van der Waals surface area contributed by atoms with E-state index in [1.165, 1.54) is 0 Å². The van der Waals surface area contributed by atoms with Gasteiger partial charge >= 0.3 is 6.01 Å². The number of aromatic nitrogens is 2. The number of amides is 1. The number of hydrogen-bond donors (Lipinski definition) is 0. The largest absolute Gasteiger partial charge is 0.486 e. The topological polar surface area (TPSA) is 73.8 Å². The third-order valence-corrected chi connectivity index (χ3v) is 6.28. The first-order chi connectivity index (χ1) is 16.1. The summed E-state index contributed by atoms with van der Waals surface area (Å²) in [5.41, 5.74) is 0.161. The number of hydrogen-bond acceptors (Lipinski definition) is 6. The molecular weight excluding hydrogens is 442 g/mol. The van der Waals surface area contributed by atoms with Crippen LogP contribution in [0, 0.1) is 0 Å². The molecule has 1 aromatic heterocycles. The number of carbonyl (C=O) groups excluding carboxylic acids is 1. The van der Waals surface area contributed by atoms with Gasteiger partial charge in [0.2, 0.25) is 0 Å². The second-order valence-electron chi connectivity index (χ2n) is 8.36. The Balaban J connectivity index is 1.25. The van der Waals surface area contributed by atoms with Crippen LogP contribution in [0.25, 0.3) is 0 Å². The summed E-state index contributed by atoms with van der Waals surface area (Å²) >= 11 is 6.24. The highest BCUT2D eigenvalue weighted by atomic mass is 35.5. The normalized spacial score (nSPS) is 22.3. The van der Waals surface area contributed by atoms with Crippen LogP contribution in [0.15, 0.2) is 67.0 Å². The molecule has 2 aromatic carbocycles. The summed E-state index contributed by atoms with van der Waals surface area (Å²) in [6.07, 6.45) is 5.61. The van der Waals surface area contributed by atoms with Crippen LogP contribution in [-0.2, 0) is 4.74 Å². The van der Waals surface area contributed by atoms with Crippen LogP contribution in [0.2, 0.25) is 5.02 Å². The number of piperidine rings is 1. The number of para-hydroxylation sites is 1. The van der Waals surface area contributed by atoms with Gasteiger partial charge < -0.3 is 19.1 Å². The van der Waals surface area contributed by atoms with Gasteiger partial charge in [0.1, 0.15) is 17.6 Å². The molecular formula is C25H24ClN3O4. The molecule has 2 atom stereocenters. The zero-order chi connectivity index (χ0) is 22.7. The molecule has 3 aromatic rings. The van der Waals surface area contributed by atoms with E-state index in [9.17, 15) is 4.79 Å². The molecule has 0 aliphatic carbocycles. The van der Waals surface area contributed by atoms with Gasteiger partial charge in [-0.25, -0.2) is 9.97 Å². The van der Waals surface area contributed by atoms with Crippen molar-refractivity contribution in [3.8, 4) is 17.5 Å². The SMILES string of the molecule is O=C(c1cccc(Oc2ncccn2)c1)N1CCC[C@]2(C[C@@H](Oc3ccccc3Cl)CO2)C1. The van der Waals surface area contributed by atoms with E-state index in [0.717, 1.165) is 19.3 Å². The summed E-state index contributed by atoms with van der Waals surface area (Å²) in [7, 11) is 0. The van der Waals surface area contributed by atoms with E-state index < -0.39 is 5.60 Å². The lowest BCUT2D eigenvalue weighted by Crippen LogP contribution is -2.50. The third kappa shape index (κ3) is 4.94. The molecule has 170 valence electrons. The molecule has 0 bridgehead atoms. The molecule has 2 saturated heterocycles. The lowest BCUT2D eigenvalue weighted by atomic mass is 9.89. The van der Waals surface area contributed by atoms with Crippen LogP contribution in [0.5, 0.6) is 17.5 Å². The predicted octanol–water partition coefficient (Wildman–Crippen LogP) is 4.77. The van der Waals surface area contributed by atoms with Crippen molar-refractivity contribution in [3.05, 3.63) is 77.6 Å². The van der Waals surface area contributed by atoms with Gasteiger partial charge in [0.25, 0.3) is 5.91 Å². The van der Waals surface area contributed by atoms with E-state index >= 15 is 0 Å². The standard InChI is InChI=1S/C25H24ClN3O4/c26-21-8-1-2-9-22(21)32-20-15-25(31-16-20)10-4-13-29(17-25)23(30)18-6-3-7-19(14-18)33-24-27-11-5-12-28-24/h1-3,5-9,11-12,14,20H,4,10,13,15-17H2/t20-,25+/m1/s1. The summed E-state index contributed by atoms with van der Waals surface area (Å²) in [5, 5.41) is 0.585. The van der Waals surface area contributed by atoms with E-state index in [0.29, 0.717) is 41.8 Å². The highest BCUT2D eigenvalue weighted by Gasteiger charge is 2.45. The minimum atomic E-state index is -0.397. The van der Waals surface area contributed by atoms with E-state index in [2.05, 4.69) is 9.97 Å². The Morgan fingerprint density at radius 2 is 1.97 bits per heavy atom. The van der Waals surface area contributed by atoms with Crippen molar-refractivity contribution < 1.29 is 19.0 Å². The molecule has 5 rings (SSSR count). The molecule has 0 N–H and O–H groups in total. The lowest BCUT2D eigenvalue weighted by Gasteiger charge is -2.39. The summed E-state index contributed by atoms with van der Waals surface area (Å²) in [6.45, 7) is 1.70. The second-order valence-corrected chi connectivity index (χ2v) is 8.77. The molecule has 0 unspecified atom stereocenters. The second kappa shape index (κ2) is 9.37. The number of ether oxygens (including phenoxy) is 3. The average molecular weight is 466 g/mol. The molecule has 8 heteroatoms. The minimum absolute atomic E-state index is 0.0485. The van der Waals surface area contributed by atoms with Crippen LogP contribution < -0.4 is 9.47 Å². The van der Waals surface area contributed by atoms with Crippen molar-refractivity contribution in [2.24, 2.45) is 0 Å². The van der Waals surface area contributed by atoms with Gasteiger partial charge in [0.15, 0.2) is 0 Å². The Hall–Kier alpha value is -3.16. The van der Waals surface area contributed by atoms with Crippen LogP contribution >= 0.6 is 11.6 Å². The van der Waals surface area contributed by atoms with E-state index in [1.807, 2.05) is 29.2 Å². The molecule has 1 amide bonds. The zero-order valence-corrected chi connectivity index (χ0v) is 18.8. The van der Waals surface area contributed by atoms with E-state index in [4.69, 9.17) is 25.8 Å². The van der Waals surface area contributed by atoms with Gasteiger partial charge in [-0.15, -0.1) is 0 Å². The molecule has 2 aliphatic rings. The van der Waals surface area contributed by atoms with E-state index in [-0.39, 0.29) is 18.0 Å². The summed E-state index contributed by atoms with van der Waals surface area (Å²) < 4.78 is 18.0. The fourth-order valence-electron chi connectivity index (χ4n) is 4.47. The van der Waals surface area contributed by atoms with Crippen LogP contribution in [-0.4, -0.2) is 52.2 Å². The van der Waals surface area contributed by atoms with Gasteiger partial charge in [-0.3, -0.25) is 4.79 Å². The Morgan fingerprint density at radius 3 is 2.82 bits per heavy atom. The monoisotopic (exact) mass is 465 g/mol. The molecule has 0 saturated carbocycles. The Morgan fingerprint density at radius 1 is 1.12 bits per heavy atom. The molecule has 1 spiro atoms. The van der Waals surface area contributed by atoms with Gasteiger partial charge in [0.05, 0.1) is 23.8 Å². The lowest BCUT2D eigenvalue weighted by molar-refractivity contribution is -0.0453. The number of carbonyl (C=O) groups is 1. The highest BCUT2D eigenvalue weighted by molar-refractivity contribution is 6.32. The Bertz CT molecular complexity index is 1130. The Labute approximate surface area is 197 Å². The molecule has 33 heavy (non-hydrogen) atoms. The van der Waals surface area contributed by atoms with Crippen molar-refractivity contribution in [2.75, 3.05) is 19.7 Å². The molecule has 0 radical (unpaired) electrons. The van der Waals surface area contributed by atoms with Gasteiger partial charge in [0, 0.05) is 30.9 Å². The van der Waals surface area contributed by atoms with Crippen molar-refractivity contribution in [3.63, 3.8) is 0 Å². The van der Waals surface area contributed by atoms with Gasteiger partial charge in [-0.1, -0.05) is 29.8 Å². The van der Waals surface area contributed by atoms with Gasteiger partial charge in [-0.05, 0) is 49.2 Å². The van der Waals surface area contributed by atoms with Gasteiger partial charge in [-0.2, -0.15) is 0 Å². The molecule has 2 fully saturated rings. The maximum atomic E-state index is 13.3. The predicted molar refractivity (Wildman–Crippen MR) is 123 cm³/mol. The van der Waals surface area contributed by atoms with Crippen molar-refractivity contribution >= 4 is 17.5 Å². The minimum Gasteiger partial charge on any atom is -0.486 e. The number of halogens is 1. The first-order valence-electron chi connectivity index (χ1n) is 11.0. The maximum absolute atomic E-state index is 13.3. The van der Waals surface area contributed by atoms with Crippen molar-refractivity contribution in [2.45, 2.75) is 31.0 Å². The molecule has 3 heterocycles. The molecule has 2 aliphatic heterocycles. The average Bonchev–Trinajstić information content (AvgIpc) is 3.22. The maximum Gasteiger partial charge on any atom is 0.321 e. The van der Waals surface area contributed by atoms with E-state index in [1.54, 1.807) is 42.7 Å². The summed E-state index contributed by atoms with van der Waals surface area (Å²) in [4.78, 5) is 23.3. The van der Waals surface area contributed by atoms with Crippen LogP contribution in [0.3, 0.4) is 0 Å². The zero-order valence-electron chi connectivity index (χ0n) is 18.0. The summed E-state index contributed by atoms with van der Waals surface area (Å²) in [5.74, 6) is 1.13. The van der Waals surface area contributed by atoms with Crippen LogP contribution in [0.1, 0.15) is 29.6 Å². The number of rotatable bonds is 5. The molecule has 7 nitrogen and oxygen atoms in total. The van der Waals surface area contributed by atoms with Crippen molar-refractivity contribution in [1.82, 2.24) is 14.9 Å². The van der Waals surface area contributed by atoms with Crippen LogP contribution in [0.4, 0.5) is 0 Å². The number of benzene rings is 2. The first-order valence-corrected chi connectivity index (χ1v) is 11.4. The number of likely N-dealkylation sites (tertiary alicyclic amines) is 1. The Kier molecular flexibility index (Phi) is 6.15. The summed E-state index contributed by atoms with van der Waals surface area (Å²) in [6, 6.07) is 16.5. The smallest absolute Gasteiger partial charge is 0.321 e. The first kappa shape index (κ1) is 21.7.